The van der Waals surface area contributed by atoms with Crippen LogP contribution in [0.25, 0.3) is 0 Å². The van der Waals surface area contributed by atoms with Crippen LogP contribution in [0, 0.1) is 23.0 Å². The Balaban J connectivity index is 2.33. The van der Waals surface area contributed by atoms with Crippen molar-refractivity contribution in [1.29, 1.82) is 0 Å². The zero-order valence-corrected chi connectivity index (χ0v) is 12.9. The largest absolute Gasteiger partial charge is 0.351 e. The van der Waals surface area contributed by atoms with E-state index in [1.165, 1.54) is 0 Å². The molecule has 0 spiro atoms. The highest BCUT2D eigenvalue weighted by molar-refractivity contribution is 5.61. The number of aryl methyl sites for hydroxylation is 2. The second-order valence-corrected chi connectivity index (χ2v) is 5.77. The van der Waals surface area contributed by atoms with Crippen LogP contribution in [-0.4, -0.2) is 34.3 Å². The Labute approximate surface area is 125 Å². The molecule has 0 aliphatic carbocycles. The van der Waals surface area contributed by atoms with Crippen molar-refractivity contribution < 1.29 is 4.92 Å². The summed E-state index contributed by atoms with van der Waals surface area (Å²) in [5, 5.41) is 15.8. The third kappa shape index (κ3) is 3.34. The van der Waals surface area contributed by atoms with Crippen molar-refractivity contribution in [2.45, 2.75) is 46.1 Å². The van der Waals surface area contributed by atoms with Gasteiger partial charge in [-0.2, -0.15) is 5.10 Å². The van der Waals surface area contributed by atoms with Crippen LogP contribution in [0.1, 0.15) is 38.3 Å². The monoisotopic (exact) mass is 295 g/mol. The maximum absolute atomic E-state index is 11.4. The van der Waals surface area contributed by atoms with Crippen molar-refractivity contribution in [2.24, 2.45) is 11.7 Å². The van der Waals surface area contributed by atoms with Gasteiger partial charge in [0, 0.05) is 19.6 Å². The first-order valence-electron chi connectivity index (χ1n) is 7.75. The minimum atomic E-state index is -0.295. The van der Waals surface area contributed by atoms with E-state index in [2.05, 4.69) is 16.9 Å². The lowest BCUT2D eigenvalue weighted by Gasteiger charge is -2.33. The second-order valence-electron chi connectivity index (χ2n) is 5.77. The summed E-state index contributed by atoms with van der Waals surface area (Å²) in [5.74, 6) is 1.20. The average molecular weight is 295 g/mol. The number of rotatable bonds is 6. The molecule has 7 nitrogen and oxygen atoms in total. The quantitative estimate of drug-likeness (QED) is 0.641. The molecule has 1 unspecified atom stereocenters. The Hall–Kier alpha value is -1.63. The van der Waals surface area contributed by atoms with Crippen molar-refractivity contribution in [2.75, 3.05) is 24.5 Å². The molecule has 0 aromatic carbocycles. The minimum absolute atomic E-state index is 0.164. The molecule has 1 saturated heterocycles. The molecule has 1 atom stereocenters. The maximum Gasteiger partial charge on any atom is 0.333 e. The molecule has 0 saturated carbocycles. The fourth-order valence-electron chi connectivity index (χ4n) is 3.18. The SMILES string of the molecule is CCCn1nc(C)c([N+](=O)[O-])c1N1CCCC(CCN)C1. The van der Waals surface area contributed by atoms with Crippen molar-refractivity contribution >= 4 is 11.5 Å². The Bertz CT molecular complexity index is 498. The smallest absolute Gasteiger partial charge is 0.333 e. The molecule has 1 fully saturated rings. The number of anilines is 1. The molecule has 1 aromatic heterocycles. The molecule has 7 heteroatoms. The summed E-state index contributed by atoms with van der Waals surface area (Å²) >= 11 is 0. The van der Waals surface area contributed by atoms with E-state index in [0.29, 0.717) is 30.5 Å². The normalized spacial score (nSPS) is 19.0. The van der Waals surface area contributed by atoms with Gasteiger partial charge in [-0.15, -0.1) is 0 Å². The van der Waals surface area contributed by atoms with Crippen molar-refractivity contribution in [1.82, 2.24) is 9.78 Å². The second kappa shape index (κ2) is 6.89. The maximum atomic E-state index is 11.4. The lowest BCUT2D eigenvalue weighted by Crippen LogP contribution is -2.37. The number of nitrogens with zero attached hydrogens (tertiary/aromatic N) is 4. The third-order valence-corrected chi connectivity index (χ3v) is 4.08. The van der Waals surface area contributed by atoms with Gasteiger partial charge in [0.1, 0.15) is 5.69 Å². The minimum Gasteiger partial charge on any atom is -0.351 e. The highest BCUT2D eigenvalue weighted by Crippen LogP contribution is 2.34. The number of aromatic nitrogens is 2. The zero-order chi connectivity index (χ0) is 15.4. The summed E-state index contributed by atoms with van der Waals surface area (Å²) in [5.41, 5.74) is 6.33. The van der Waals surface area contributed by atoms with Crippen molar-refractivity contribution in [3.05, 3.63) is 15.8 Å². The van der Waals surface area contributed by atoms with E-state index in [-0.39, 0.29) is 10.6 Å². The Kier molecular flexibility index (Phi) is 5.17. The van der Waals surface area contributed by atoms with Gasteiger partial charge in [-0.05, 0) is 45.1 Å². The van der Waals surface area contributed by atoms with Crippen LogP contribution >= 0.6 is 0 Å². The molecule has 21 heavy (non-hydrogen) atoms. The lowest BCUT2D eigenvalue weighted by molar-refractivity contribution is -0.384. The van der Waals surface area contributed by atoms with E-state index in [0.717, 1.165) is 38.8 Å². The Morgan fingerprint density at radius 1 is 1.52 bits per heavy atom. The molecular weight excluding hydrogens is 270 g/mol. The predicted molar refractivity (Wildman–Crippen MR) is 82.5 cm³/mol. The van der Waals surface area contributed by atoms with Gasteiger partial charge in [0.25, 0.3) is 0 Å². The van der Waals surface area contributed by atoms with Gasteiger partial charge in [0.2, 0.25) is 5.82 Å². The van der Waals surface area contributed by atoms with Crippen LogP contribution in [-0.2, 0) is 6.54 Å². The number of nitrogens with two attached hydrogens (primary N) is 1. The van der Waals surface area contributed by atoms with Gasteiger partial charge in [-0.1, -0.05) is 6.92 Å². The third-order valence-electron chi connectivity index (χ3n) is 4.08. The van der Waals surface area contributed by atoms with Crippen LogP contribution in [0.4, 0.5) is 11.5 Å². The van der Waals surface area contributed by atoms with Crippen LogP contribution < -0.4 is 10.6 Å². The predicted octanol–water partition coefficient (Wildman–Crippen LogP) is 2.07. The first-order chi connectivity index (χ1) is 10.1. The molecule has 1 aliphatic rings. The fourth-order valence-corrected chi connectivity index (χ4v) is 3.18. The van der Waals surface area contributed by atoms with Gasteiger partial charge < -0.3 is 10.6 Å². The molecule has 118 valence electrons. The fraction of sp³-hybridized carbons (Fsp3) is 0.786. The van der Waals surface area contributed by atoms with Gasteiger partial charge >= 0.3 is 5.69 Å². The van der Waals surface area contributed by atoms with E-state index in [1.807, 2.05) is 0 Å². The summed E-state index contributed by atoms with van der Waals surface area (Å²) in [6, 6.07) is 0. The summed E-state index contributed by atoms with van der Waals surface area (Å²) < 4.78 is 1.80. The first kappa shape index (κ1) is 15.8. The number of hydrogen-bond acceptors (Lipinski definition) is 5. The number of nitro groups is 1. The van der Waals surface area contributed by atoms with Crippen molar-refractivity contribution in [3.63, 3.8) is 0 Å². The van der Waals surface area contributed by atoms with E-state index >= 15 is 0 Å². The summed E-state index contributed by atoms with van der Waals surface area (Å²) in [6.07, 6.45) is 4.09. The van der Waals surface area contributed by atoms with Gasteiger partial charge in [0.15, 0.2) is 0 Å². The van der Waals surface area contributed by atoms with Gasteiger partial charge in [0.05, 0.1) is 4.92 Å². The van der Waals surface area contributed by atoms with Crippen LogP contribution in [0.2, 0.25) is 0 Å². The molecular formula is C14H25N5O2. The molecule has 2 N–H and O–H groups in total. The molecule has 1 aromatic rings. The van der Waals surface area contributed by atoms with Gasteiger partial charge in [-0.3, -0.25) is 10.1 Å². The topological polar surface area (TPSA) is 90.2 Å². The molecule has 2 rings (SSSR count). The lowest BCUT2D eigenvalue weighted by atomic mass is 9.95. The van der Waals surface area contributed by atoms with E-state index in [4.69, 9.17) is 5.73 Å². The molecule has 0 bridgehead atoms. The molecule has 2 heterocycles. The summed E-state index contributed by atoms with van der Waals surface area (Å²) in [6.45, 7) is 6.86. The first-order valence-corrected chi connectivity index (χ1v) is 7.75. The Morgan fingerprint density at radius 3 is 2.90 bits per heavy atom. The average Bonchev–Trinajstić information content (AvgIpc) is 2.76. The molecule has 0 amide bonds. The molecule has 1 aliphatic heterocycles. The Morgan fingerprint density at radius 2 is 2.29 bits per heavy atom. The van der Waals surface area contributed by atoms with E-state index in [9.17, 15) is 10.1 Å². The van der Waals surface area contributed by atoms with E-state index in [1.54, 1.807) is 11.6 Å². The van der Waals surface area contributed by atoms with E-state index < -0.39 is 0 Å². The number of piperidine rings is 1. The van der Waals surface area contributed by atoms with Crippen LogP contribution in [0.3, 0.4) is 0 Å². The van der Waals surface area contributed by atoms with Gasteiger partial charge in [-0.25, -0.2) is 4.68 Å². The highest BCUT2D eigenvalue weighted by atomic mass is 16.6. The number of hydrogen-bond donors (Lipinski definition) is 1. The zero-order valence-electron chi connectivity index (χ0n) is 12.9. The van der Waals surface area contributed by atoms with Crippen LogP contribution in [0.5, 0.6) is 0 Å². The highest BCUT2D eigenvalue weighted by Gasteiger charge is 2.32. The van der Waals surface area contributed by atoms with Crippen LogP contribution in [0.15, 0.2) is 0 Å². The summed E-state index contributed by atoms with van der Waals surface area (Å²) in [7, 11) is 0. The standard InChI is InChI=1S/C14H25N5O2/c1-3-8-18-14(13(19(20)21)11(2)16-18)17-9-4-5-12(10-17)6-7-15/h12H,3-10,15H2,1-2H3. The summed E-state index contributed by atoms with van der Waals surface area (Å²) in [4.78, 5) is 13.3. The van der Waals surface area contributed by atoms with Crippen molar-refractivity contribution in [3.8, 4) is 0 Å². The molecule has 0 radical (unpaired) electrons.